The number of aliphatic hydroxyl groups excluding tert-OH is 1. The highest BCUT2D eigenvalue weighted by Crippen LogP contribution is 2.35. The zero-order valence-electron chi connectivity index (χ0n) is 16.2. The summed E-state index contributed by atoms with van der Waals surface area (Å²) < 4.78 is 10.8. The van der Waals surface area contributed by atoms with Crippen LogP contribution in [0.25, 0.3) is 16.7 Å². The molecule has 4 rings (SSSR count). The van der Waals surface area contributed by atoms with Gasteiger partial charge in [0.05, 0.1) is 17.1 Å². The van der Waals surface area contributed by atoms with Gasteiger partial charge in [-0.3, -0.25) is 9.59 Å². The smallest absolute Gasteiger partial charge is 0.347 e. The van der Waals surface area contributed by atoms with Crippen LogP contribution >= 0.6 is 0 Å². The van der Waals surface area contributed by atoms with Crippen LogP contribution < -0.4 is 15.5 Å². The lowest BCUT2D eigenvalue weighted by molar-refractivity contribution is -0.311. The van der Waals surface area contributed by atoms with Crippen molar-refractivity contribution in [3.63, 3.8) is 0 Å². The standard InChI is InChI=1S/C23H16O8/c1-11(24)17(20(26)14-10-12-6-2-4-8-15(12)31-23(14)29)21-18(22(27)28)19(25)13-7-3-5-9-16(13)30-21/h2-10,18,21,26H,1H3,(H,27,28)/p-1/b20-17+. The Bertz CT molecular complexity index is 1330. The van der Waals surface area contributed by atoms with E-state index < -0.39 is 46.5 Å². The van der Waals surface area contributed by atoms with Crippen LogP contribution in [0.3, 0.4) is 0 Å². The zero-order chi connectivity index (χ0) is 22.3. The molecule has 2 atom stereocenters. The molecule has 1 aromatic heterocycles. The summed E-state index contributed by atoms with van der Waals surface area (Å²) in [6.45, 7) is 1.06. The first-order valence-corrected chi connectivity index (χ1v) is 9.27. The Morgan fingerprint density at radius 1 is 1.03 bits per heavy atom. The number of ether oxygens (including phenoxy) is 1. The molecule has 0 amide bonds. The first-order chi connectivity index (χ1) is 14.8. The van der Waals surface area contributed by atoms with Crippen molar-refractivity contribution in [2.75, 3.05) is 0 Å². The minimum atomic E-state index is -1.90. The van der Waals surface area contributed by atoms with Crippen LogP contribution in [-0.4, -0.2) is 28.7 Å². The molecule has 2 unspecified atom stereocenters. The van der Waals surface area contributed by atoms with Gasteiger partial charge in [0, 0.05) is 5.39 Å². The molecule has 1 N–H and O–H groups in total. The summed E-state index contributed by atoms with van der Waals surface area (Å²) in [6.07, 6.45) is -1.70. The van der Waals surface area contributed by atoms with E-state index >= 15 is 0 Å². The fourth-order valence-corrected chi connectivity index (χ4v) is 3.61. The zero-order valence-corrected chi connectivity index (χ0v) is 16.2. The number of fused-ring (bicyclic) bond motifs is 2. The largest absolute Gasteiger partial charge is 0.549 e. The molecule has 2 heterocycles. The van der Waals surface area contributed by atoms with E-state index in [1.807, 2.05) is 0 Å². The second kappa shape index (κ2) is 7.56. The van der Waals surface area contributed by atoms with E-state index in [1.54, 1.807) is 30.3 Å². The molecule has 0 saturated heterocycles. The topological polar surface area (TPSA) is 134 Å². The molecule has 1 aliphatic rings. The van der Waals surface area contributed by atoms with Crippen LogP contribution in [0, 0.1) is 5.92 Å². The summed E-state index contributed by atoms with van der Waals surface area (Å²) in [5, 5.41) is 23.1. The molecule has 0 aliphatic carbocycles. The number of carbonyl (C=O) groups is 3. The highest BCUT2D eigenvalue weighted by Gasteiger charge is 2.43. The van der Waals surface area contributed by atoms with E-state index in [1.165, 1.54) is 24.3 Å². The average molecular weight is 419 g/mol. The number of hydrogen-bond donors (Lipinski definition) is 1. The van der Waals surface area contributed by atoms with E-state index in [-0.39, 0.29) is 22.5 Å². The number of ketones is 2. The molecule has 3 aromatic rings. The molecule has 31 heavy (non-hydrogen) atoms. The third kappa shape index (κ3) is 3.38. The maximum Gasteiger partial charge on any atom is 0.347 e. The first kappa shape index (κ1) is 20.1. The summed E-state index contributed by atoms with van der Waals surface area (Å²) in [4.78, 5) is 49.5. The van der Waals surface area contributed by atoms with Gasteiger partial charge in [0.25, 0.3) is 0 Å². The van der Waals surface area contributed by atoms with Crippen molar-refractivity contribution >= 4 is 34.3 Å². The summed E-state index contributed by atoms with van der Waals surface area (Å²) in [5.74, 6) is -6.06. The summed E-state index contributed by atoms with van der Waals surface area (Å²) in [7, 11) is 0. The Morgan fingerprint density at radius 2 is 1.71 bits per heavy atom. The second-order valence-electron chi connectivity index (χ2n) is 7.00. The number of carbonyl (C=O) groups excluding carboxylic acids is 3. The Hall–Kier alpha value is -4.20. The highest BCUT2D eigenvalue weighted by molar-refractivity contribution is 6.13. The van der Waals surface area contributed by atoms with Crippen LogP contribution in [0.4, 0.5) is 0 Å². The van der Waals surface area contributed by atoms with Crippen molar-refractivity contribution < 1.29 is 33.8 Å². The van der Waals surface area contributed by atoms with Crippen molar-refractivity contribution in [2.45, 2.75) is 13.0 Å². The number of rotatable bonds is 4. The number of carboxylic acid groups (broad SMARTS) is 1. The van der Waals surface area contributed by atoms with E-state index in [4.69, 9.17) is 9.15 Å². The van der Waals surface area contributed by atoms with Gasteiger partial charge in [-0.05, 0) is 31.2 Å². The van der Waals surface area contributed by atoms with Crippen molar-refractivity contribution in [1.29, 1.82) is 0 Å². The van der Waals surface area contributed by atoms with Gasteiger partial charge in [0.1, 0.15) is 34.7 Å². The monoisotopic (exact) mass is 419 g/mol. The Kier molecular flexibility index (Phi) is 4.90. The third-order valence-electron chi connectivity index (χ3n) is 5.06. The lowest BCUT2D eigenvalue weighted by Gasteiger charge is -2.34. The summed E-state index contributed by atoms with van der Waals surface area (Å²) in [6, 6.07) is 13.8. The normalized spacial score (nSPS) is 18.7. The van der Waals surface area contributed by atoms with Gasteiger partial charge in [0.2, 0.25) is 0 Å². The molecule has 1 aliphatic heterocycles. The van der Waals surface area contributed by atoms with Gasteiger partial charge in [-0.25, -0.2) is 4.79 Å². The predicted octanol–water partition coefficient (Wildman–Crippen LogP) is 1.66. The first-order valence-electron chi connectivity index (χ1n) is 9.27. The number of hydrogen-bond acceptors (Lipinski definition) is 8. The van der Waals surface area contributed by atoms with E-state index in [0.717, 1.165) is 6.92 Å². The van der Waals surface area contributed by atoms with Gasteiger partial charge in [-0.2, -0.15) is 0 Å². The van der Waals surface area contributed by atoms with Gasteiger partial charge >= 0.3 is 5.63 Å². The molecular weight excluding hydrogens is 404 g/mol. The maximum atomic E-state index is 12.8. The Balaban J connectivity index is 1.94. The van der Waals surface area contributed by atoms with E-state index in [0.29, 0.717) is 5.39 Å². The molecule has 2 aromatic carbocycles. The molecule has 8 heteroatoms. The Labute approximate surface area is 175 Å². The average Bonchev–Trinajstić information content (AvgIpc) is 2.73. The summed E-state index contributed by atoms with van der Waals surface area (Å²) >= 11 is 0. The van der Waals surface area contributed by atoms with E-state index in [2.05, 4.69) is 0 Å². The maximum absolute atomic E-state index is 12.8. The number of aliphatic hydroxyl groups is 1. The molecular formula is C23H15O8-. The number of benzene rings is 2. The lowest BCUT2D eigenvalue weighted by Crippen LogP contribution is -2.50. The SMILES string of the molecule is CC(=O)/C(=C(\O)c1cc2ccccc2oc1=O)C1Oc2ccccc2C(=O)C1C(=O)[O-]. The van der Waals surface area contributed by atoms with Crippen LogP contribution in [0.2, 0.25) is 0 Å². The quantitative estimate of drug-likeness (QED) is 0.292. The molecule has 0 bridgehead atoms. The molecule has 0 radical (unpaired) electrons. The van der Waals surface area contributed by atoms with Crippen LogP contribution in [-0.2, 0) is 9.59 Å². The van der Waals surface area contributed by atoms with Crippen molar-refractivity contribution in [3.05, 3.63) is 81.7 Å². The van der Waals surface area contributed by atoms with Crippen molar-refractivity contribution in [3.8, 4) is 5.75 Å². The number of carboxylic acids is 1. The third-order valence-corrected chi connectivity index (χ3v) is 5.06. The van der Waals surface area contributed by atoms with Gasteiger partial charge in [-0.1, -0.05) is 30.3 Å². The number of Topliss-reactive ketones (excluding diaryl/α,β-unsaturated/α-hetero) is 2. The molecule has 156 valence electrons. The fraction of sp³-hybridized carbons (Fsp3) is 0.130. The lowest BCUT2D eigenvalue weighted by atomic mass is 9.83. The minimum absolute atomic E-state index is 0.0144. The van der Waals surface area contributed by atoms with Crippen LogP contribution in [0.5, 0.6) is 5.75 Å². The van der Waals surface area contributed by atoms with Crippen LogP contribution in [0.1, 0.15) is 22.8 Å². The number of aliphatic carboxylic acids is 1. The van der Waals surface area contributed by atoms with Crippen molar-refractivity contribution in [2.24, 2.45) is 5.92 Å². The number of para-hydroxylation sites is 2. The molecule has 0 fully saturated rings. The summed E-state index contributed by atoms with van der Waals surface area (Å²) in [5.41, 5.74) is -1.57. The van der Waals surface area contributed by atoms with Crippen molar-refractivity contribution in [1.82, 2.24) is 0 Å². The van der Waals surface area contributed by atoms with Gasteiger partial charge < -0.3 is 24.2 Å². The van der Waals surface area contributed by atoms with E-state index in [9.17, 15) is 29.4 Å². The molecule has 0 spiro atoms. The van der Waals surface area contributed by atoms with Gasteiger partial charge in [-0.15, -0.1) is 0 Å². The predicted molar refractivity (Wildman–Crippen MR) is 106 cm³/mol. The van der Waals surface area contributed by atoms with Crippen LogP contribution in [0.15, 0.2) is 69.4 Å². The second-order valence-corrected chi connectivity index (χ2v) is 7.00. The molecule has 0 saturated carbocycles. The minimum Gasteiger partial charge on any atom is -0.549 e. The highest BCUT2D eigenvalue weighted by atomic mass is 16.5. The molecule has 8 nitrogen and oxygen atoms in total. The van der Waals surface area contributed by atoms with Gasteiger partial charge in [0.15, 0.2) is 11.6 Å². The fourth-order valence-electron chi connectivity index (χ4n) is 3.61. The Morgan fingerprint density at radius 3 is 2.42 bits per heavy atom.